The van der Waals surface area contributed by atoms with Crippen molar-refractivity contribution in [2.45, 2.75) is 51.0 Å². The van der Waals surface area contributed by atoms with Crippen molar-refractivity contribution in [3.8, 4) is 0 Å². The van der Waals surface area contributed by atoms with Crippen LogP contribution in [0.4, 0.5) is 0 Å². The molecule has 2 rings (SSSR count). The Labute approximate surface area is 120 Å². The van der Waals surface area contributed by atoms with Crippen LogP contribution in [0.25, 0.3) is 0 Å². The number of nitrogens with one attached hydrogen (secondary N) is 1. The minimum atomic E-state index is -0.194. The molecule has 0 unspecified atom stereocenters. The molecule has 0 spiro atoms. The van der Waals surface area contributed by atoms with E-state index in [0.717, 1.165) is 19.3 Å². The first-order valence-electron chi connectivity index (χ1n) is 7.22. The molecule has 1 aliphatic rings. The van der Waals surface area contributed by atoms with Crippen molar-refractivity contribution >= 4 is 5.97 Å². The Morgan fingerprint density at radius 3 is 2.65 bits per heavy atom. The fraction of sp³-hybridized carbons (Fsp3) is 0.562. The largest absolute Gasteiger partial charge is 0.468 e. The van der Waals surface area contributed by atoms with Crippen LogP contribution < -0.4 is 5.32 Å². The standard InChI is InChI=1S/C16H23NO3/c1-3-15(16(18)19-2)17-13-9-14(10-13)20-11-12-7-5-4-6-8-12/h4-8,13-15,17H,3,9-11H2,1-2H3/t13?,14?,15-/m1/s1. The van der Waals surface area contributed by atoms with Gasteiger partial charge in [-0.3, -0.25) is 4.79 Å². The normalized spacial score (nSPS) is 22.9. The van der Waals surface area contributed by atoms with Gasteiger partial charge in [0.15, 0.2) is 0 Å². The molecule has 4 heteroatoms. The lowest BCUT2D eigenvalue weighted by Gasteiger charge is -2.37. The number of hydrogen-bond donors (Lipinski definition) is 1. The molecule has 0 amide bonds. The van der Waals surface area contributed by atoms with Gasteiger partial charge in [0.1, 0.15) is 6.04 Å². The molecule has 0 saturated heterocycles. The van der Waals surface area contributed by atoms with E-state index < -0.39 is 0 Å². The van der Waals surface area contributed by atoms with Crippen molar-refractivity contribution in [3.05, 3.63) is 35.9 Å². The molecule has 1 aromatic rings. The summed E-state index contributed by atoms with van der Waals surface area (Å²) in [7, 11) is 1.43. The first kappa shape index (κ1) is 15.0. The summed E-state index contributed by atoms with van der Waals surface area (Å²) in [6.07, 6.45) is 2.96. The maximum absolute atomic E-state index is 11.5. The van der Waals surface area contributed by atoms with Gasteiger partial charge < -0.3 is 14.8 Å². The third kappa shape index (κ3) is 4.05. The van der Waals surface area contributed by atoms with Crippen molar-refractivity contribution in [1.82, 2.24) is 5.32 Å². The van der Waals surface area contributed by atoms with Gasteiger partial charge in [-0.1, -0.05) is 37.3 Å². The molecular weight excluding hydrogens is 254 g/mol. The number of esters is 1. The van der Waals surface area contributed by atoms with Crippen molar-refractivity contribution in [3.63, 3.8) is 0 Å². The average Bonchev–Trinajstić information content (AvgIpc) is 2.45. The number of benzene rings is 1. The van der Waals surface area contributed by atoms with E-state index >= 15 is 0 Å². The fourth-order valence-corrected chi connectivity index (χ4v) is 2.41. The van der Waals surface area contributed by atoms with Gasteiger partial charge in [-0.05, 0) is 24.8 Å². The maximum atomic E-state index is 11.5. The molecule has 0 heterocycles. The van der Waals surface area contributed by atoms with Gasteiger partial charge in [-0.15, -0.1) is 0 Å². The Balaban J connectivity index is 1.66. The summed E-state index contributed by atoms with van der Waals surface area (Å²) in [6.45, 7) is 2.64. The number of methoxy groups -OCH3 is 1. The van der Waals surface area contributed by atoms with Gasteiger partial charge >= 0.3 is 5.97 Å². The zero-order chi connectivity index (χ0) is 14.4. The first-order chi connectivity index (χ1) is 9.72. The van der Waals surface area contributed by atoms with Gasteiger partial charge in [0, 0.05) is 6.04 Å². The maximum Gasteiger partial charge on any atom is 0.322 e. The number of carbonyl (C=O) groups is 1. The minimum Gasteiger partial charge on any atom is -0.468 e. The second kappa shape index (κ2) is 7.41. The predicted octanol–water partition coefficient (Wildman–Crippen LogP) is 2.28. The van der Waals surface area contributed by atoms with Crippen molar-refractivity contribution in [2.24, 2.45) is 0 Å². The van der Waals surface area contributed by atoms with Crippen LogP contribution in [0.15, 0.2) is 30.3 Å². The van der Waals surface area contributed by atoms with Gasteiger partial charge in [-0.25, -0.2) is 0 Å². The molecule has 1 fully saturated rings. The van der Waals surface area contributed by atoms with Crippen LogP contribution in [0.1, 0.15) is 31.7 Å². The summed E-state index contributed by atoms with van der Waals surface area (Å²) in [6, 6.07) is 10.3. The summed E-state index contributed by atoms with van der Waals surface area (Å²) in [4.78, 5) is 11.5. The molecule has 0 radical (unpaired) electrons. The molecule has 1 aliphatic carbocycles. The van der Waals surface area contributed by atoms with Gasteiger partial charge in [0.2, 0.25) is 0 Å². The van der Waals surface area contributed by atoms with Crippen LogP contribution in [-0.2, 0) is 20.9 Å². The van der Waals surface area contributed by atoms with Crippen LogP contribution in [0.5, 0.6) is 0 Å². The van der Waals surface area contributed by atoms with E-state index in [9.17, 15) is 4.79 Å². The Morgan fingerprint density at radius 1 is 1.35 bits per heavy atom. The lowest BCUT2D eigenvalue weighted by molar-refractivity contribution is -0.144. The molecule has 1 saturated carbocycles. The second-order valence-corrected chi connectivity index (χ2v) is 5.24. The lowest BCUT2D eigenvalue weighted by atomic mass is 9.88. The van der Waals surface area contributed by atoms with Crippen molar-refractivity contribution in [1.29, 1.82) is 0 Å². The van der Waals surface area contributed by atoms with E-state index in [2.05, 4.69) is 17.4 Å². The highest BCUT2D eigenvalue weighted by Gasteiger charge is 2.32. The molecule has 4 nitrogen and oxygen atoms in total. The smallest absolute Gasteiger partial charge is 0.322 e. The first-order valence-corrected chi connectivity index (χ1v) is 7.22. The van der Waals surface area contributed by atoms with E-state index in [1.165, 1.54) is 12.7 Å². The van der Waals surface area contributed by atoms with E-state index in [1.807, 2.05) is 25.1 Å². The predicted molar refractivity (Wildman–Crippen MR) is 77.3 cm³/mol. The van der Waals surface area contributed by atoms with Crippen LogP contribution in [0.3, 0.4) is 0 Å². The van der Waals surface area contributed by atoms with Gasteiger partial charge in [0.05, 0.1) is 19.8 Å². The summed E-state index contributed by atoms with van der Waals surface area (Å²) < 4.78 is 10.6. The summed E-state index contributed by atoms with van der Waals surface area (Å²) >= 11 is 0. The number of carbonyl (C=O) groups excluding carboxylic acids is 1. The minimum absolute atomic E-state index is 0.179. The SMILES string of the molecule is CC[C@@H](NC1CC(OCc2ccccc2)C1)C(=O)OC. The molecule has 1 atom stereocenters. The summed E-state index contributed by atoms with van der Waals surface area (Å²) in [5.41, 5.74) is 1.20. The Bertz CT molecular complexity index is 415. The van der Waals surface area contributed by atoms with E-state index in [1.54, 1.807) is 0 Å². The fourth-order valence-electron chi connectivity index (χ4n) is 2.41. The zero-order valence-electron chi connectivity index (χ0n) is 12.2. The Morgan fingerprint density at radius 2 is 2.05 bits per heavy atom. The molecule has 0 aromatic heterocycles. The number of rotatable bonds is 7. The molecule has 1 N–H and O–H groups in total. The molecule has 1 aromatic carbocycles. The van der Waals surface area contributed by atoms with Crippen LogP contribution in [0.2, 0.25) is 0 Å². The quantitative estimate of drug-likeness (QED) is 0.777. The molecule has 0 aliphatic heterocycles. The van der Waals surface area contributed by atoms with Crippen LogP contribution >= 0.6 is 0 Å². The second-order valence-electron chi connectivity index (χ2n) is 5.24. The number of hydrogen-bond acceptors (Lipinski definition) is 4. The van der Waals surface area contributed by atoms with Crippen LogP contribution in [-0.4, -0.2) is 31.3 Å². The molecule has 20 heavy (non-hydrogen) atoms. The highest BCUT2D eigenvalue weighted by atomic mass is 16.5. The van der Waals surface area contributed by atoms with E-state index in [4.69, 9.17) is 9.47 Å². The monoisotopic (exact) mass is 277 g/mol. The summed E-state index contributed by atoms with van der Waals surface area (Å²) in [5.74, 6) is -0.179. The van der Waals surface area contributed by atoms with Crippen molar-refractivity contribution in [2.75, 3.05) is 7.11 Å². The average molecular weight is 277 g/mol. The summed E-state index contributed by atoms with van der Waals surface area (Å²) in [5, 5.41) is 3.33. The number of ether oxygens (including phenoxy) is 2. The van der Waals surface area contributed by atoms with Crippen LogP contribution in [0, 0.1) is 0 Å². The lowest BCUT2D eigenvalue weighted by Crippen LogP contribution is -2.51. The molecular formula is C16H23NO3. The van der Waals surface area contributed by atoms with Crippen molar-refractivity contribution < 1.29 is 14.3 Å². The highest BCUT2D eigenvalue weighted by Crippen LogP contribution is 2.25. The Hall–Kier alpha value is -1.39. The van der Waals surface area contributed by atoms with E-state index in [0.29, 0.717) is 18.8 Å². The zero-order valence-corrected chi connectivity index (χ0v) is 12.2. The Kier molecular flexibility index (Phi) is 5.56. The van der Waals surface area contributed by atoms with E-state index in [-0.39, 0.29) is 12.0 Å². The molecule has 110 valence electrons. The third-order valence-electron chi connectivity index (χ3n) is 3.75. The van der Waals surface area contributed by atoms with Gasteiger partial charge in [-0.2, -0.15) is 0 Å². The topological polar surface area (TPSA) is 47.6 Å². The highest BCUT2D eigenvalue weighted by molar-refractivity contribution is 5.75. The van der Waals surface area contributed by atoms with Gasteiger partial charge in [0.25, 0.3) is 0 Å². The third-order valence-corrected chi connectivity index (χ3v) is 3.75. The molecule has 0 bridgehead atoms.